The molecule has 0 N–H and O–H groups in total. The fourth-order valence-electron chi connectivity index (χ4n) is 4.09. The molecular formula is C22H23FN2O2. The van der Waals surface area contributed by atoms with Crippen molar-refractivity contribution in [3.63, 3.8) is 0 Å². The number of piperidine rings is 1. The highest BCUT2D eigenvalue weighted by molar-refractivity contribution is 5.95. The van der Waals surface area contributed by atoms with Crippen LogP contribution in [-0.2, 0) is 4.79 Å². The molecule has 0 saturated carbocycles. The van der Waals surface area contributed by atoms with Crippen molar-refractivity contribution in [2.24, 2.45) is 0 Å². The molecular weight excluding hydrogens is 343 g/mol. The highest BCUT2D eigenvalue weighted by Gasteiger charge is 2.32. The predicted molar refractivity (Wildman–Crippen MR) is 102 cm³/mol. The smallest absolute Gasteiger partial charge is 0.253 e. The second kappa shape index (κ2) is 7.51. The lowest BCUT2D eigenvalue weighted by atomic mass is 10.00. The maximum atomic E-state index is 13.1. The molecule has 0 radical (unpaired) electrons. The van der Waals surface area contributed by atoms with E-state index < -0.39 is 0 Å². The van der Waals surface area contributed by atoms with Crippen LogP contribution in [0.4, 0.5) is 4.39 Å². The van der Waals surface area contributed by atoms with E-state index in [9.17, 15) is 14.0 Å². The maximum Gasteiger partial charge on any atom is 0.253 e. The third kappa shape index (κ3) is 3.72. The van der Waals surface area contributed by atoms with Gasteiger partial charge in [0.1, 0.15) is 5.82 Å². The third-order valence-corrected chi connectivity index (χ3v) is 5.59. The van der Waals surface area contributed by atoms with Gasteiger partial charge in [-0.3, -0.25) is 9.59 Å². The van der Waals surface area contributed by atoms with E-state index in [0.29, 0.717) is 25.1 Å². The first-order chi connectivity index (χ1) is 13.1. The number of rotatable bonds is 3. The molecule has 0 atom stereocenters. The van der Waals surface area contributed by atoms with Crippen LogP contribution in [-0.4, -0.2) is 47.3 Å². The lowest BCUT2D eigenvalue weighted by Gasteiger charge is -2.36. The van der Waals surface area contributed by atoms with Crippen molar-refractivity contribution in [1.82, 2.24) is 9.80 Å². The highest BCUT2D eigenvalue weighted by atomic mass is 19.1. The zero-order valence-electron chi connectivity index (χ0n) is 15.2. The molecule has 0 spiro atoms. The van der Waals surface area contributed by atoms with Gasteiger partial charge in [0.25, 0.3) is 5.91 Å². The molecule has 4 nitrogen and oxygen atoms in total. The number of hydrogen-bond acceptors (Lipinski definition) is 2. The summed E-state index contributed by atoms with van der Waals surface area (Å²) in [6.45, 7) is 2.21. The Balaban J connectivity index is 1.43. The first-order valence-electron chi connectivity index (χ1n) is 9.56. The van der Waals surface area contributed by atoms with Crippen molar-refractivity contribution < 1.29 is 14.0 Å². The Morgan fingerprint density at radius 3 is 2.37 bits per heavy atom. The summed E-state index contributed by atoms with van der Waals surface area (Å²) < 4.78 is 13.1. The number of amides is 2. The van der Waals surface area contributed by atoms with Gasteiger partial charge in [0.05, 0.1) is 0 Å². The largest absolute Gasteiger partial charge is 0.340 e. The fourth-order valence-corrected chi connectivity index (χ4v) is 4.09. The molecule has 2 heterocycles. The van der Waals surface area contributed by atoms with E-state index in [1.165, 1.54) is 12.1 Å². The molecule has 0 bridgehead atoms. The van der Waals surface area contributed by atoms with E-state index in [1.54, 1.807) is 12.1 Å². The van der Waals surface area contributed by atoms with E-state index in [2.05, 4.69) is 0 Å². The Labute approximate surface area is 158 Å². The molecule has 0 aliphatic carbocycles. The normalized spacial score (nSPS) is 18.2. The molecule has 140 valence electrons. The van der Waals surface area contributed by atoms with E-state index in [-0.39, 0.29) is 23.7 Å². The fraction of sp³-hybridized carbons (Fsp3) is 0.364. The zero-order valence-corrected chi connectivity index (χ0v) is 15.2. The van der Waals surface area contributed by atoms with Gasteiger partial charge in [-0.1, -0.05) is 24.3 Å². The van der Waals surface area contributed by atoms with Crippen molar-refractivity contribution in [2.45, 2.75) is 31.7 Å². The SMILES string of the molecule is O=C(c1cccc(-c2ccc(F)cc2)c1)N1CCC(N2CCCC2=O)CC1. The molecule has 2 aliphatic heterocycles. The van der Waals surface area contributed by atoms with Crippen LogP contribution >= 0.6 is 0 Å². The van der Waals surface area contributed by atoms with Gasteiger partial charge >= 0.3 is 0 Å². The molecule has 5 heteroatoms. The number of likely N-dealkylation sites (tertiary alicyclic amines) is 2. The van der Waals surface area contributed by atoms with Crippen molar-refractivity contribution in [2.75, 3.05) is 19.6 Å². The molecule has 0 aromatic heterocycles. The van der Waals surface area contributed by atoms with E-state index >= 15 is 0 Å². The minimum atomic E-state index is -0.273. The Morgan fingerprint density at radius 2 is 1.70 bits per heavy atom. The van der Waals surface area contributed by atoms with Crippen LogP contribution in [0.2, 0.25) is 0 Å². The number of hydrogen-bond donors (Lipinski definition) is 0. The highest BCUT2D eigenvalue weighted by Crippen LogP contribution is 2.25. The Bertz CT molecular complexity index is 842. The van der Waals surface area contributed by atoms with Gasteiger partial charge in [0.2, 0.25) is 5.91 Å². The quantitative estimate of drug-likeness (QED) is 0.831. The summed E-state index contributed by atoms with van der Waals surface area (Å²) in [6, 6.07) is 14.0. The second-order valence-electron chi connectivity index (χ2n) is 7.30. The van der Waals surface area contributed by atoms with E-state index in [1.807, 2.05) is 34.1 Å². The van der Waals surface area contributed by atoms with Crippen LogP contribution in [0.25, 0.3) is 11.1 Å². The summed E-state index contributed by atoms with van der Waals surface area (Å²) in [6.07, 6.45) is 3.30. The zero-order chi connectivity index (χ0) is 18.8. The summed E-state index contributed by atoms with van der Waals surface area (Å²) in [5, 5.41) is 0. The van der Waals surface area contributed by atoms with Crippen LogP contribution in [0.1, 0.15) is 36.0 Å². The Morgan fingerprint density at radius 1 is 0.963 bits per heavy atom. The molecule has 2 fully saturated rings. The molecule has 0 unspecified atom stereocenters. The Kier molecular flexibility index (Phi) is 4.92. The molecule has 2 saturated heterocycles. The molecule has 4 rings (SSSR count). The topological polar surface area (TPSA) is 40.6 Å². The van der Waals surface area contributed by atoms with Gasteiger partial charge in [-0.15, -0.1) is 0 Å². The molecule has 27 heavy (non-hydrogen) atoms. The second-order valence-corrected chi connectivity index (χ2v) is 7.30. The Hall–Kier alpha value is -2.69. The molecule has 2 amide bonds. The van der Waals surface area contributed by atoms with Gasteiger partial charge in [0.15, 0.2) is 0 Å². The van der Waals surface area contributed by atoms with Crippen molar-refractivity contribution in [3.05, 3.63) is 59.9 Å². The van der Waals surface area contributed by atoms with E-state index in [4.69, 9.17) is 0 Å². The monoisotopic (exact) mass is 366 g/mol. The van der Waals surface area contributed by atoms with Crippen LogP contribution in [0.15, 0.2) is 48.5 Å². The number of benzene rings is 2. The first kappa shape index (κ1) is 17.7. The minimum Gasteiger partial charge on any atom is -0.340 e. The number of carbonyl (C=O) groups excluding carboxylic acids is 2. The first-order valence-corrected chi connectivity index (χ1v) is 9.56. The standard InChI is InChI=1S/C22H23FN2O2/c23-19-8-6-16(7-9-19)17-3-1-4-18(15-17)22(27)24-13-10-20(11-14-24)25-12-2-5-21(25)26/h1,3-4,6-9,15,20H,2,5,10-14H2. The van der Waals surface area contributed by atoms with Gasteiger partial charge < -0.3 is 9.80 Å². The summed E-state index contributed by atoms with van der Waals surface area (Å²) in [4.78, 5) is 28.7. The van der Waals surface area contributed by atoms with Gasteiger partial charge in [-0.2, -0.15) is 0 Å². The summed E-state index contributed by atoms with van der Waals surface area (Å²) >= 11 is 0. The van der Waals surface area contributed by atoms with Crippen molar-refractivity contribution >= 4 is 11.8 Å². The number of nitrogens with zero attached hydrogens (tertiary/aromatic N) is 2. The van der Waals surface area contributed by atoms with Crippen molar-refractivity contribution in [1.29, 1.82) is 0 Å². The summed E-state index contributed by atoms with van der Waals surface area (Å²) in [5.41, 5.74) is 2.43. The third-order valence-electron chi connectivity index (χ3n) is 5.59. The lowest BCUT2D eigenvalue weighted by Crippen LogP contribution is -2.47. The van der Waals surface area contributed by atoms with Crippen LogP contribution in [0.5, 0.6) is 0 Å². The van der Waals surface area contributed by atoms with Gasteiger partial charge in [0, 0.05) is 37.7 Å². The summed E-state index contributed by atoms with van der Waals surface area (Å²) in [5.74, 6) is 0.00210. The lowest BCUT2D eigenvalue weighted by molar-refractivity contribution is -0.130. The molecule has 2 aromatic rings. The number of halogens is 1. The average molecular weight is 366 g/mol. The van der Waals surface area contributed by atoms with Gasteiger partial charge in [-0.05, 0) is 54.7 Å². The van der Waals surface area contributed by atoms with Crippen LogP contribution < -0.4 is 0 Å². The predicted octanol–water partition coefficient (Wildman–Crippen LogP) is 3.72. The van der Waals surface area contributed by atoms with E-state index in [0.717, 1.165) is 36.9 Å². The average Bonchev–Trinajstić information content (AvgIpc) is 3.14. The molecule has 2 aliphatic rings. The summed E-state index contributed by atoms with van der Waals surface area (Å²) in [7, 11) is 0. The van der Waals surface area contributed by atoms with Crippen LogP contribution in [0, 0.1) is 5.82 Å². The molecule has 2 aromatic carbocycles. The minimum absolute atomic E-state index is 0.0187. The van der Waals surface area contributed by atoms with Crippen LogP contribution in [0.3, 0.4) is 0 Å². The number of carbonyl (C=O) groups is 2. The van der Waals surface area contributed by atoms with Crippen molar-refractivity contribution in [3.8, 4) is 11.1 Å². The maximum absolute atomic E-state index is 13.1. The van der Waals surface area contributed by atoms with Gasteiger partial charge in [-0.25, -0.2) is 4.39 Å².